The Morgan fingerprint density at radius 3 is 3.07 bits per heavy atom. The Balaban J connectivity index is 2.10. The van der Waals surface area contributed by atoms with E-state index in [1.807, 2.05) is 0 Å². The van der Waals surface area contributed by atoms with E-state index in [9.17, 15) is 9.59 Å². The zero-order valence-electron chi connectivity index (χ0n) is 8.19. The highest BCUT2D eigenvalue weighted by Crippen LogP contribution is 2.33. The molecule has 1 heterocycles. The Kier molecular flexibility index (Phi) is 2.40. The Hall–Kier alpha value is -1.85. The van der Waals surface area contributed by atoms with Crippen molar-refractivity contribution >= 4 is 5.91 Å². The van der Waals surface area contributed by atoms with E-state index in [0.717, 1.165) is 12.8 Å². The fourth-order valence-corrected chi connectivity index (χ4v) is 1.41. The van der Waals surface area contributed by atoms with Crippen LogP contribution in [0.25, 0.3) is 0 Å². The summed E-state index contributed by atoms with van der Waals surface area (Å²) in [5.74, 6) is 0.297. The summed E-state index contributed by atoms with van der Waals surface area (Å²) in [5.41, 5.74) is -0.208. The van der Waals surface area contributed by atoms with Crippen molar-refractivity contribution in [1.29, 1.82) is 0 Å². The molecule has 0 aliphatic heterocycles. The van der Waals surface area contributed by atoms with Crippen LogP contribution in [-0.4, -0.2) is 20.7 Å². The van der Waals surface area contributed by atoms with Gasteiger partial charge in [0.25, 0.3) is 0 Å². The van der Waals surface area contributed by atoms with Crippen LogP contribution in [0.1, 0.15) is 24.7 Å². The van der Waals surface area contributed by atoms with E-state index < -0.39 is 0 Å². The number of nitrogens with one attached hydrogen (secondary N) is 2. The van der Waals surface area contributed by atoms with Gasteiger partial charge in [-0.15, -0.1) is 0 Å². The molecule has 0 bridgehead atoms. The molecule has 0 unspecified atom stereocenters. The minimum absolute atomic E-state index is 0.208. The summed E-state index contributed by atoms with van der Waals surface area (Å²) >= 11 is 0. The van der Waals surface area contributed by atoms with Crippen molar-refractivity contribution in [2.24, 2.45) is 0 Å². The summed E-state index contributed by atoms with van der Waals surface area (Å²) in [6.45, 7) is 3.59. The number of carbonyl (C=O) groups excluding carboxylic acids is 1. The van der Waals surface area contributed by atoms with E-state index in [4.69, 9.17) is 0 Å². The summed E-state index contributed by atoms with van der Waals surface area (Å²) in [7, 11) is 0. The molecule has 2 rings (SSSR count). The molecule has 1 aromatic heterocycles. The van der Waals surface area contributed by atoms with Crippen molar-refractivity contribution < 1.29 is 4.79 Å². The van der Waals surface area contributed by atoms with Crippen molar-refractivity contribution in [3.8, 4) is 0 Å². The maximum atomic E-state index is 11.3. The Morgan fingerprint density at radius 2 is 2.47 bits per heavy atom. The van der Waals surface area contributed by atoms with Crippen LogP contribution in [0.5, 0.6) is 0 Å². The molecular formula is C9H12N4O2. The molecule has 1 amide bonds. The average Bonchev–Trinajstić information content (AvgIpc) is 3.00. The van der Waals surface area contributed by atoms with E-state index in [1.165, 1.54) is 6.08 Å². The smallest absolute Gasteiger partial charge is 0.343 e. The Bertz CT molecular complexity index is 441. The second-order valence-corrected chi connectivity index (χ2v) is 3.47. The van der Waals surface area contributed by atoms with Gasteiger partial charge in [0, 0.05) is 6.04 Å². The standard InChI is InChI=1S/C9H12N4O2/c1-2-8(14)10-5-7-11-12-9(15)13(7)6-3-4-6/h2,6H,1,3-5H2,(H,10,14)(H,12,15). The first-order valence-corrected chi connectivity index (χ1v) is 4.78. The van der Waals surface area contributed by atoms with Crippen LogP contribution in [0, 0.1) is 0 Å². The molecule has 80 valence electrons. The molecule has 1 aromatic rings. The molecule has 6 nitrogen and oxygen atoms in total. The summed E-state index contributed by atoms with van der Waals surface area (Å²) in [6.07, 6.45) is 3.19. The topological polar surface area (TPSA) is 79.8 Å². The number of amides is 1. The van der Waals surface area contributed by atoms with Crippen molar-refractivity contribution in [3.05, 3.63) is 29.0 Å². The van der Waals surface area contributed by atoms with E-state index >= 15 is 0 Å². The lowest BCUT2D eigenvalue weighted by Gasteiger charge is -2.03. The third-order valence-corrected chi connectivity index (χ3v) is 2.30. The zero-order chi connectivity index (χ0) is 10.8. The molecule has 0 radical (unpaired) electrons. The van der Waals surface area contributed by atoms with Gasteiger partial charge in [0.2, 0.25) is 5.91 Å². The largest absolute Gasteiger partial charge is 0.345 e. The first-order chi connectivity index (χ1) is 7.22. The number of hydrogen-bond acceptors (Lipinski definition) is 3. The molecule has 0 aromatic carbocycles. The number of hydrogen-bond donors (Lipinski definition) is 2. The number of aromatic amines is 1. The summed E-state index contributed by atoms with van der Waals surface area (Å²) in [4.78, 5) is 22.3. The third-order valence-electron chi connectivity index (χ3n) is 2.30. The van der Waals surface area contributed by atoms with Gasteiger partial charge in [0.1, 0.15) is 0 Å². The van der Waals surface area contributed by atoms with Crippen LogP contribution >= 0.6 is 0 Å². The second kappa shape index (κ2) is 3.72. The fraction of sp³-hybridized carbons (Fsp3) is 0.444. The Labute approximate surface area is 86.0 Å². The molecule has 6 heteroatoms. The van der Waals surface area contributed by atoms with Gasteiger partial charge >= 0.3 is 5.69 Å². The van der Waals surface area contributed by atoms with Crippen molar-refractivity contribution in [2.75, 3.05) is 0 Å². The number of carbonyl (C=O) groups is 1. The first kappa shape index (κ1) is 9.70. The van der Waals surface area contributed by atoms with Crippen LogP contribution in [0.15, 0.2) is 17.4 Å². The molecule has 0 atom stereocenters. The number of aromatic nitrogens is 3. The molecular weight excluding hydrogens is 196 g/mol. The lowest BCUT2D eigenvalue weighted by Crippen LogP contribution is -2.25. The van der Waals surface area contributed by atoms with E-state index in [0.29, 0.717) is 5.82 Å². The van der Waals surface area contributed by atoms with E-state index in [-0.39, 0.29) is 24.2 Å². The maximum Gasteiger partial charge on any atom is 0.343 e. The van der Waals surface area contributed by atoms with Crippen LogP contribution in [0.2, 0.25) is 0 Å². The molecule has 1 aliphatic carbocycles. The summed E-state index contributed by atoms with van der Waals surface area (Å²) in [6, 6.07) is 0.256. The molecule has 0 spiro atoms. The highest BCUT2D eigenvalue weighted by molar-refractivity contribution is 5.86. The molecule has 0 saturated heterocycles. The van der Waals surface area contributed by atoms with Crippen molar-refractivity contribution in [1.82, 2.24) is 20.1 Å². The predicted molar refractivity (Wildman–Crippen MR) is 53.2 cm³/mol. The van der Waals surface area contributed by atoms with Gasteiger partial charge in [0.15, 0.2) is 5.82 Å². The molecule has 15 heavy (non-hydrogen) atoms. The highest BCUT2D eigenvalue weighted by Gasteiger charge is 2.28. The molecule has 2 N–H and O–H groups in total. The average molecular weight is 208 g/mol. The minimum atomic E-state index is -0.271. The number of rotatable bonds is 4. The van der Waals surface area contributed by atoms with Crippen molar-refractivity contribution in [2.45, 2.75) is 25.4 Å². The molecule has 1 fully saturated rings. The third kappa shape index (κ3) is 1.98. The van der Waals surface area contributed by atoms with Crippen LogP contribution in [0.3, 0.4) is 0 Å². The lowest BCUT2D eigenvalue weighted by atomic mass is 10.5. The van der Waals surface area contributed by atoms with Gasteiger partial charge in [-0.1, -0.05) is 6.58 Å². The van der Waals surface area contributed by atoms with Gasteiger partial charge < -0.3 is 5.32 Å². The van der Waals surface area contributed by atoms with Crippen LogP contribution in [0.4, 0.5) is 0 Å². The fourth-order valence-electron chi connectivity index (χ4n) is 1.41. The van der Waals surface area contributed by atoms with Crippen molar-refractivity contribution in [3.63, 3.8) is 0 Å². The first-order valence-electron chi connectivity index (χ1n) is 4.78. The van der Waals surface area contributed by atoms with Gasteiger partial charge in [-0.05, 0) is 18.9 Å². The number of H-pyrrole nitrogens is 1. The van der Waals surface area contributed by atoms with Gasteiger partial charge in [-0.25, -0.2) is 9.89 Å². The Morgan fingerprint density at radius 1 is 1.73 bits per heavy atom. The second-order valence-electron chi connectivity index (χ2n) is 3.47. The van der Waals surface area contributed by atoms with Gasteiger partial charge in [-0.3, -0.25) is 9.36 Å². The van der Waals surface area contributed by atoms with Crippen LogP contribution < -0.4 is 11.0 Å². The molecule has 1 aliphatic rings. The summed E-state index contributed by atoms with van der Waals surface area (Å²) in [5, 5.41) is 8.83. The lowest BCUT2D eigenvalue weighted by molar-refractivity contribution is -0.116. The predicted octanol–water partition coefficient (Wildman–Crippen LogP) is -0.292. The van der Waals surface area contributed by atoms with Gasteiger partial charge in [0.05, 0.1) is 6.54 Å². The van der Waals surface area contributed by atoms with Gasteiger partial charge in [-0.2, -0.15) is 5.10 Å². The van der Waals surface area contributed by atoms with E-state index in [1.54, 1.807) is 4.57 Å². The maximum absolute atomic E-state index is 11.3. The van der Waals surface area contributed by atoms with Crippen LogP contribution in [-0.2, 0) is 11.3 Å². The molecule has 1 saturated carbocycles. The monoisotopic (exact) mass is 208 g/mol. The minimum Gasteiger partial charge on any atom is -0.345 e. The number of nitrogens with zero attached hydrogens (tertiary/aromatic N) is 2. The quantitative estimate of drug-likeness (QED) is 0.667. The normalized spacial score (nSPS) is 14.9. The summed E-state index contributed by atoms with van der Waals surface area (Å²) < 4.78 is 1.60. The van der Waals surface area contributed by atoms with E-state index in [2.05, 4.69) is 22.1 Å². The zero-order valence-corrected chi connectivity index (χ0v) is 8.19. The SMILES string of the molecule is C=CC(=O)NCc1n[nH]c(=O)n1C1CC1. The highest BCUT2D eigenvalue weighted by atomic mass is 16.2.